The second-order valence-electron chi connectivity index (χ2n) is 5.11. The molecule has 4 heteroatoms. The van der Waals surface area contributed by atoms with Crippen molar-refractivity contribution in [3.8, 4) is 0 Å². The van der Waals surface area contributed by atoms with Crippen molar-refractivity contribution in [2.24, 2.45) is 0 Å². The predicted molar refractivity (Wildman–Crippen MR) is 70.4 cm³/mol. The van der Waals surface area contributed by atoms with Crippen molar-refractivity contribution in [1.29, 1.82) is 0 Å². The van der Waals surface area contributed by atoms with E-state index in [4.69, 9.17) is 0 Å². The Morgan fingerprint density at radius 2 is 2.06 bits per heavy atom. The molecule has 0 aliphatic carbocycles. The maximum Gasteiger partial charge on any atom is 0.210 e. The highest BCUT2D eigenvalue weighted by Crippen LogP contribution is 2.36. The average Bonchev–Trinajstić information content (AvgIpc) is 3.09. The molecule has 96 valence electrons. The molecule has 0 unspecified atom stereocenters. The maximum atomic E-state index is 11.1. The molecule has 0 N–H and O–H groups in total. The summed E-state index contributed by atoms with van der Waals surface area (Å²) in [6.45, 7) is 3.07. The molecule has 0 spiro atoms. The SMILES string of the molecule is O=CN1CCC[C@@H]1c1cccnc1N1CCCC1. The molecule has 0 radical (unpaired) electrons. The summed E-state index contributed by atoms with van der Waals surface area (Å²) >= 11 is 0. The van der Waals surface area contributed by atoms with Crippen molar-refractivity contribution in [3.63, 3.8) is 0 Å². The Morgan fingerprint density at radius 1 is 1.22 bits per heavy atom. The van der Waals surface area contributed by atoms with Crippen LogP contribution in [0.5, 0.6) is 0 Å². The van der Waals surface area contributed by atoms with Crippen LogP contribution in [-0.4, -0.2) is 35.9 Å². The Bertz CT molecular complexity index is 429. The van der Waals surface area contributed by atoms with Crippen molar-refractivity contribution in [2.45, 2.75) is 31.7 Å². The molecule has 3 heterocycles. The zero-order valence-electron chi connectivity index (χ0n) is 10.6. The van der Waals surface area contributed by atoms with E-state index in [-0.39, 0.29) is 6.04 Å². The molecule has 0 bridgehead atoms. The van der Waals surface area contributed by atoms with Crippen LogP contribution in [0.1, 0.15) is 37.3 Å². The number of anilines is 1. The molecule has 3 rings (SSSR count). The highest BCUT2D eigenvalue weighted by atomic mass is 16.1. The number of rotatable bonds is 3. The molecule has 1 aromatic heterocycles. The zero-order chi connectivity index (χ0) is 12.4. The van der Waals surface area contributed by atoms with Gasteiger partial charge in [0, 0.05) is 31.4 Å². The summed E-state index contributed by atoms with van der Waals surface area (Å²) in [5.41, 5.74) is 1.23. The molecule has 2 saturated heterocycles. The third-order valence-electron chi connectivity index (χ3n) is 4.01. The van der Waals surface area contributed by atoms with Gasteiger partial charge in [-0.05, 0) is 31.7 Å². The fourth-order valence-electron chi connectivity index (χ4n) is 3.11. The largest absolute Gasteiger partial charge is 0.356 e. The van der Waals surface area contributed by atoms with Gasteiger partial charge in [-0.2, -0.15) is 0 Å². The molecule has 1 atom stereocenters. The molecule has 2 fully saturated rings. The first kappa shape index (κ1) is 11.5. The fraction of sp³-hybridized carbons (Fsp3) is 0.571. The quantitative estimate of drug-likeness (QED) is 0.764. The molecular weight excluding hydrogens is 226 g/mol. The Labute approximate surface area is 108 Å². The van der Waals surface area contributed by atoms with E-state index >= 15 is 0 Å². The van der Waals surface area contributed by atoms with Crippen LogP contribution in [0.15, 0.2) is 18.3 Å². The van der Waals surface area contributed by atoms with E-state index in [1.807, 2.05) is 17.2 Å². The van der Waals surface area contributed by atoms with Gasteiger partial charge in [-0.25, -0.2) is 4.98 Å². The van der Waals surface area contributed by atoms with Gasteiger partial charge >= 0.3 is 0 Å². The molecular formula is C14H19N3O. The van der Waals surface area contributed by atoms with Crippen molar-refractivity contribution in [2.75, 3.05) is 24.5 Å². The number of likely N-dealkylation sites (tertiary alicyclic amines) is 1. The fourth-order valence-corrected chi connectivity index (χ4v) is 3.11. The molecule has 2 aliphatic rings. The van der Waals surface area contributed by atoms with Gasteiger partial charge in [-0.1, -0.05) is 6.07 Å². The Balaban J connectivity index is 1.93. The van der Waals surface area contributed by atoms with Gasteiger partial charge in [0.1, 0.15) is 5.82 Å². The summed E-state index contributed by atoms with van der Waals surface area (Å²) in [7, 11) is 0. The Morgan fingerprint density at radius 3 is 2.83 bits per heavy atom. The van der Waals surface area contributed by atoms with E-state index in [2.05, 4.69) is 16.0 Å². The van der Waals surface area contributed by atoms with Crippen LogP contribution in [0, 0.1) is 0 Å². The monoisotopic (exact) mass is 245 g/mol. The normalized spacial score (nSPS) is 23.7. The van der Waals surface area contributed by atoms with Gasteiger partial charge in [0.15, 0.2) is 0 Å². The number of carbonyl (C=O) groups is 1. The van der Waals surface area contributed by atoms with Crippen LogP contribution >= 0.6 is 0 Å². The number of carbonyl (C=O) groups excluding carboxylic acids is 1. The summed E-state index contributed by atoms with van der Waals surface area (Å²) in [6.07, 6.45) is 7.49. The molecule has 0 saturated carbocycles. The van der Waals surface area contributed by atoms with Crippen molar-refractivity contribution < 1.29 is 4.79 Å². The highest BCUT2D eigenvalue weighted by molar-refractivity contribution is 5.54. The minimum absolute atomic E-state index is 0.229. The lowest BCUT2D eigenvalue weighted by Gasteiger charge is -2.26. The van der Waals surface area contributed by atoms with Crippen LogP contribution in [-0.2, 0) is 4.79 Å². The number of hydrogen-bond donors (Lipinski definition) is 0. The maximum absolute atomic E-state index is 11.1. The van der Waals surface area contributed by atoms with Crippen molar-refractivity contribution in [3.05, 3.63) is 23.9 Å². The number of nitrogens with zero attached hydrogens (tertiary/aromatic N) is 3. The van der Waals surface area contributed by atoms with E-state index in [1.54, 1.807) is 0 Å². The van der Waals surface area contributed by atoms with Crippen LogP contribution < -0.4 is 4.90 Å². The van der Waals surface area contributed by atoms with E-state index < -0.39 is 0 Å². The van der Waals surface area contributed by atoms with Gasteiger partial charge in [0.2, 0.25) is 6.41 Å². The van der Waals surface area contributed by atoms with E-state index in [0.717, 1.165) is 44.7 Å². The molecule has 0 aromatic carbocycles. The summed E-state index contributed by atoms with van der Waals surface area (Å²) < 4.78 is 0. The first-order valence-electron chi connectivity index (χ1n) is 6.81. The molecule has 2 aliphatic heterocycles. The highest BCUT2D eigenvalue weighted by Gasteiger charge is 2.29. The van der Waals surface area contributed by atoms with E-state index in [9.17, 15) is 4.79 Å². The lowest BCUT2D eigenvalue weighted by molar-refractivity contribution is -0.118. The molecule has 18 heavy (non-hydrogen) atoms. The lowest BCUT2D eigenvalue weighted by Crippen LogP contribution is -2.26. The van der Waals surface area contributed by atoms with Gasteiger partial charge in [0.05, 0.1) is 6.04 Å². The summed E-state index contributed by atoms with van der Waals surface area (Å²) in [4.78, 5) is 19.9. The number of hydrogen-bond acceptors (Lipinski definition) is 3. The second kappa shape index (κ2) is 4.96. The van der Waals surface area contributed by atoms with Crippen molar-refractivity contribution >= 4 is 12.2 Å². The minimum Gasteiger partial charge on any atom is -0.356 e. The number of amides is 1. The first-order valence-corrected chi connectivity index (χ1v) is 6.81. The van der Waals surface area contributed by atoms with Crippen LogP contribution in [0.25, 0.3) is 0 Å². The topological polar surface area (TPSA) is 36.4 Å². The second-order valence-corrected chi connectivity index (χ2v) is 5.11. The van der Waals surface area contributed by atoms with Crippen LogP contribution in [0.3, 0.4) is 0 Å². The smallest absolute Gasteiger partial charge is 0.210 e. The number of pyridine rings is 1. The standard InChI is InChI=1S/C14H19N3O/c18-11-17-10-4-6-13(17)12-5-3-7-15-14(12)16-8-1-2-9-16/h3,5,7,11,13H,1-2,4,6,8-10H2/t13-/m1/s1. The van der Waals surface area contributed by atoms with E-state index in [0.29, 0.717) is 0 Å². The zero-order valence-corrected chi connectivity index (χ0v) is 10.6. The van der Waals surface area contributed by atoms with Gasteiger partial charge < -0.3 is 9.80 Å². The average molecular weight is 245 g/mol. The van der Waals surface area contributed by atoms with Gasteiger partial charge in [-0.15, -0.1) is 0 Å². The number of aromatic nitrogens is 1. The van der Waals surface area contributed by atoms with Crippen LogP contribution in [0.2, 0.25) is 0 Å². The third kappa shape index (κ3) is 1.96. The van der Waals surface area contributed by atoms with Crippen LogP contribution in [0.4, 0.5) is 5.82 Å². The summed E-state index contributed by atoms with van der Waals surface area (Å²) in [5, 5.41) is 0. The first-order chi connectivity index (χ1) is 8.90. The Hall–Kier alpha value is -1.58. The van der Waals surface area contributed by atoms with Crippen molar-refractivity contribution in [1.82, 2.24) is 9.88 Å². The lowest BCUT2D eigenvalue weighted by atomic mass is 10.1. The molecule has 1 amide bonds. The predicted octanol–water partition coefficient (Wildman–Crippen LogP) is 1.98. The van der Waals surface area contributed by atoms with Gasteiger partial charge in [0.25, 0.3) is 0 Å². The third-order valence-corrected chi connectivity index (χ3v) is 4.01. The minimum atomic E-state index is 0.229. The summed E-state index contributed by atoms with van der Waals surface area (Å²) in [6, 6.07) is 4.34. The summed E-state index contributed by atoms with van der Waals surface area (Å²) in [5.74, 6) is 1.09. The van der Waals surface area contributed by atoms with E-state index in [1.165, 1.54) is 18.4 Å². The molecule has 1 aromatic rings. The molecule has 4 nitrogen and oxygen atoms in total. The Kier molecular flexibility index (Phi) is 3.17. The van der Waals surface area contributed by atoms with Gasteiger partial charge in [-0.3, -0.25) is 4.79 Å².